The maximum absolute atomic E-state index is 14.8. The summed E-state index contributed by atoms with van der Waals surface area (Å²) in [5.41, 5.74) is -1.96. The smallest absolute Gasteiger partial charge is 0.266 e. The molecule has 8 nitrogen and oxygen atoms in total. The SMILES string of the molecule is CC.CC.[B]C([B])([B])OC1(c2cc3c(N(C)Cc4cccc(C(F)F)c4F)ncnc3n(C)c2=O)CCN(C(C)=O)CC1. The van der Waals surface area contributed by atoms with E-state index < -0.39 is 34.3 Å². The number of ether oxygens (including phenoxy) is 1. The zero-order valence-electron chi connectivity index (χ0n) is 25.8. The topological polar surface area (TPSA) is 80.6 Å². The number of anilines is 1. The average molecular weight is 593 g/mol. The number of likely N-dealkylation sites (tertiary alicyclic amines) is 1. The van der Waals surface area contributed by atoms with E-state index in [0.29, 0.717) is 11.2 Å². The number of halogens is 3. The van der Waals surface area contributed by atoms with Crippen LogP contribution in [0.5, 0.6) is 0 Å². The molecule has 1 fully saturated rings. The average Bonchev–Trinajstić information content (AvgIpc) is 2.97. The van der Waals surface area contributed by atoms with Crippen molar-refractivity contribution < 1.29 is 22.7 Å². The minimum Gasteiger partial charge on any atom is -0.391 e. The number of carbonyl (C=O) groups excluding carboxylic acids is 1. The first-order valence-corrected chi connectivity index (χ1v) is 14.2. The van der Waals surface area contributed by atoms with Crippen molar-refractivity contribution in [3.05, 3.63) is 63.5 Å². The van der Waals surface area contributed by atoms with Gasteiger partial charge in [0.1, 0.15) is 23.6 Å². The quantitative estimate of drug-likeness (QED) is 0.385. The highest BCUT2D eigenvalue weighted by atomic mass is 19.3. The van der Waals surface area contributed by atoms with Crippen LogP contribution in [0, 0.1) is 5.82 Å². The predicted octanol–water partition coefficient (Wildman–Crippen LogP) is 4.07. The van der Waals surface area contributed by atoms with Crippen molar-refractivity contribution in [2.45, 2.75) is 71.3 Å². The largest absolute Gasteiger partial charge is 0.391 e. The van der Waals surface area contributed by atoms with Crippen LogP contribution in [0.1, 0.15) is 70.6 Å². The first kappa shape index (κ1) is 35.9. The molecule has 226 valence electrons. The van der Waals surface area contributed by atoms with Gasteiger partial charge in [0.25, 0.3) is 12.0 Å². The fourth-order valence-electron chi connectivity index (χ4n) is 5.06. The lowest BCUT2D eigenvalue weighted by atomic mass is 9.52. The van der Waals surface area contributed by atoms with Crippen LogP contribution < -0.4 is 10.5 Å². The van der Waals surface area contributed by atoms with Crippen LogP contribution in [0.15, 0.2) is 35.4 Å². The lowest BCUT2D eigenvalue weighted by molar-refractivity contribution is -0.138. The summed E-state index contributed by atoms with van der Waals surface area (Å²) < 4.78 is 48.5. The van der Waals surface area contributed by atoms with Crippen LogP contribution in [0.3, 0.4) is 0 Å². The van der Waals surface area contributed by atoms with Gasteiger partial charge in [-0.15, -0.1) is 0 Å². The lowest BCUT2D eigenvalue weighted by Crippen LogP contribution is -2.53. The molecule has 4 rings (SSSR count). The summed E-state index contributed by atoms with van der Waals surface area (Å²) in [4.78, 5) is 37.3. The number of aromatic nitrogens is 3. The number of benzene rings is 1. The van der Waals surface area contributed by atoms with E-state index in [1.165, 1.54) is 37.0 Å². The zero-order valence-corrected chi connectivity index (χ0v) is 25.8. The first-order valence-electron chi connectivity index (χ1n) is 14.2. The van der Waals surface area contributed by atoms with E-state index in [0.717, 1.165) is 6.07 Å². The summed E-state index contributed by atoms with van der Waals surface area (Å²) in [5, 5.41) is -1.67. The van der Waals surface area contributed by atoms with Gasteiger partial charge in [-0.05, 0) is 24.2 Å². The molecule has 43 heavy (non-hydrogen) atoms. The first-order chi connectivity index (χ1) is 20.2. The van der Waals surface area contributed by atoms with Gasteiger partial charge in [-0.1, -0.05) is 45.9 Å². The number of aryl methyl sites for hydroxylation is 1. The Bertz CT molecular complexity index is 1460. The number of piperidine rings is 1. The van der Waals surface area contributed by atoms with E-state index in [4.69, 9.17) is 28.3 Å². The fraction of sp³-hybridized carbons (Fsp3) is 0.517. The zero-order chi connectivity index (χ0) is 32.7. The van der Waals surface area contributed by atoms with E-state index in [1.54, 1.807) is 22.9 Å². The summed E-state index contributed by atoms with van der Waals surface area (Å²) >= 11 is 0. The summed E-state index contributed by atoms with van der Waals surface area (Å²) in [6, 6.07) is 5.37. The van der Waals surface area contributed by atoms with Crippen molar-refractivity contribution in [3.8, 4) is 0 Å². The molecular formula is C29H37B3F3N5O3. The molecule has 0 spiro atoms. The van der Waals surface area contributed by atoms with Crippen molar-refractivity contribution in [1.29, 1.82) is 0 Å². The molecule has 1 aromatic carbocycles. The number of amides is 1. The molecule has 0 bridgehead atoms. The fourth-order valence-corrected chi connectivity index (χ4v) is 5.06. The van der Waals surface area contributed by atoms with Gasteiger partial charge < -0.3 is 14.5 Å². The highest BCUT2D eigenvalue weighted by Crippen LogP contribution is 2.39. The van der Waals surface area contributed by atoms with Gasteiger partial charge in [-0.3, -0.25) is 14.2 Å². The molecule has 3 aromatic rings. The molecule has 0 unspecified atom stereocenters. The molecule has 0 saturated carbocycles. The molecule has 6 radical (unpaired) electrons. The van der Waals surface area contributed by atoms with Crippen LogP contribution >= 0.6 is 0 Å². The van der Waals surface area contributed by atoms with E-state index in [-0.39, 0.29) is 55.2 Å². The molecule has 0 atom stereocenters. The molecule has 0 aliphatic carbocycles. The Balaban J connectivity index is 0.00000155. The van der Waals surface area contributed by atoms with Gasteiger partial charge in [0, 0.05) is 46.2 Å². The lowest BCUT2D eigenvalue weighted by Gasteiger charge is -2.45. The monoisotopic (exact) mass is 593 g/mol. The molecule has 2 aromatic heterocycles. The second-order valence-corrected chi connectivity index (χ2v) is 9.79. The van der Waals surface area contributed by atoms with E-state index in [1.807, 2.05) is 27.7 Å². The highest BCUT2D eigenvalue weighted by molar-refractivity contribution is 6.58. The van der Waals surface area contributed by atoms with Crippen LogP contribution in [0.4, 0.5) is 19.0 Å². The Kier molecular flexibility index (Phi) is 12.5. The maximum atomic E-state index is 14.8. The van der Waals surface area contributed by atoms with E-state index in [2.05, 4.69) is 9.97 Å². The second-order valence-electron chi connectivity index (χ2n) is 9.79. The molecule has 1 aliphatic heterocycles. The van der Waals surface area contributed by atoms with Gasteiger partial charge in [0.05, 0.1) is 45.7 Å². The molecule has 14 heteroatoms. The van der Waals surface area contributed by atoms with Crippen molar-refractivity contribution in [3.63, 3.8) is 0 Å². The van der Waals surface area contributed by atoms with Crippen molar-refractivity contribution in [2.75, 3.05) is 25.0 Å². The number of carbonyl (C=O) groups is 1. The number of hydrogen-bond donors (Lipinski definition) is 0. The molecule has 1 amide bonds. The summed E-state index contributed by atoms with van der Waals surface area (Å²) in [6.45, 7) is 9.89. The summed E-state index contributed by atoms with van der Waals surface area (Å²) in [5.74, 6) is -0.815. The normalized spacial score (nSPS) is 14.4. The van der Waals surface area contributed by atoms with Crippen LogP contribution in [0.2, 0.25) is 0 Å². The van der Waals surface area contributed by atoms with Crippen molar-refractivity contribution >= 4 is 46.3 Å². The number of alkyl halides is 2. The Morgan fingerprint density at radius 1 is 1.14 bits per heavy atom. The minimum atomic E-state index is -2.96. The van der Waals surface area contributed by atoms with Gasteiger partial charge >= 0.3 is 0 Å². The third-order valence-electron chi connectivity index (χ3n) is 6.98. The van der Waals surface area contributed by atoms with Crippen LogP contribution in [-0.2, 0) is 28.7 Å². The minimum absolute atomic E-state index is 0.0442. The Morgan fingerprint density at radius 2 is 1.74 bits per heavy atom. The van der Waals surface area contributed by atoms with E-state index in [9.17, 15) is 22.8 Å². The number of fused-ring (bicyclic) bond motifs is 1. The van der Waals surface area contributed by atoms with E-state index >= 15 is 0 Å². The van der Waals surface area contributed by atoms with Gasteiger partial charge in [-0.2, -0.15) is 0 Å². The number of pyridine rings is 1. The third kappa shape index (κ3) is 8.01. The highest BCUT2D eigenvalue weighted by Gasteiger charge is 2.43. The molecule has 1 saturated heterocycles. The molecular weight excluding hydrogens is 556 g/mol. The Labute approximate surface area is 255 Å². The van der Waals surface area contributed by atoms with Gasteiger partial charge in [-0.25, -0.2) is 23.1 Å². The third-order valence-corrected chi connectivity index (χ3v) is 6.98. The standard InChI is InChI=1S/C25H25B3F3N5O3.2C2H6/c1-14(37)36-9-7-24(8-10-36,39-25(26,27)28)18-11-17-21(32-13-33-22(17)35(3)23(18)38)34(2)12-15-5-4-6-16(19(15)29)20(30)31;2*1-2/h4-6,11,13,20H,7-10,12H2,1-3H3;2*1-2H3. The Morgan fingerprint density at radius 3 is 2.28 bits per heavy atom. The second kappa shape index (κ2) is 14.9. The van der Waals surface area contributed by atoms with Crippen molar-refractivity contribution in [1.82, 2.24) is 19.4 Å². The summed E-state index contributed by atoms with van der Waals surface area (Å²) in [7, 11) is 20.6. The maximum Gasteiger partial charge on any atom is 0.266 e. The predicted molar refractivity (Wildman–Crippen MR) is 165 cm³/mol. The number of nitrogens with zero attached hydrogens (tertiary/aromatic N) is 5. The van der Waals surface area contributed by atoms with Gasteiger partial charge in [0.15, 0.2) is 0 Å². The number of rotatable bonds is 7. The molecule has 3 heterocycles. The van der Waals surface area contributed by atoms with Crippen LogP contribution in [0.25, 0.3) is 11.0 Å². The van der Waals surface area contributed by atoms with Crippen LogP contribution in [-0.4, -0.2) is 74.3 Å². The van der Waals surface area contributed by atoms with Crippen molar-refractivity contribution in [2.24, 2.45) is 7.05 Å². The summed E-state index contributed by atoms with van der Waals surface area (Å²) in [6.07, 6.45) is -1.34. The Hall–Kier alpha value is -3.28. The molecule has 1 aliphatic rings. The molecule has 0 N–H and O–H groups in total. The number of hydrogen-bond acceptors (Lipinski definition) is 6. The van der Waals surface area contributed by atoms with Gasteiger partial charge in [0.2, 0.25) is 5.91 Å².